The summed E-state index contributed by atoms with van der Waals surface area (Å²) in [4.78, 5) is 24.3. The third-order valence-corrected chi connectivity index (χ3v) is 8.18. The minimum atomic E-state index is -0.328. The number of aliphatic hydroxyl groups excluding tert-OH is 1. The summed E-state index contributed by atoms with van der Waals surface area (Å²) < 4.78 is 0. The lowest BCUT2D eigenvalue weighted by Gasteiger charge is -2.53. The molecule has 0 aliphatic heterocycles. The zero-order chi connectivity index (χ0) is 18.0. The standard InChI is InChI=1S/C22H30O3/c1-13-10-18-16-5-4-14-11-15(24)6-8-21(14,2)17(16)7-9-22(18,3)20(13)19(25)12-23/h7,11,13,16,18,20,23H,4-6,8-10,12H2,1-3H3/t13-,16-,18+,20-,21+,22+/m1/s1. The molecule has 3 heteroatoms. The first kappa shape index (κ1) is 17.2. The Labute approximate surface area is 150 Å². The molecular weight excluding hydrogens is 312 g/mol. The van der Waals surface area contributed by atoms with Gasteiger partial charge in [-0.2, -0.15) is 0 Å². The summed E-state index contributed by atoms with van der Waals surface area (Å²) in [6, 6.07) is 0. The molecule has 0 heterocycles. The summed E-state index contributed by atoms with van der Waals surface area (Å²) in [5.74, 6) is 1.71. The van der Waals surface area contributed by atoms with Crippen LogP contribution in [0.15, 0.2) is 23.3 Å². The lowest BCUT2D eigenvalue weighted by atomic mass is 9.51. The SMILES string of the molecule is C[C@@H]1C[C@H]2[C@@H]3CCC4=CC(=O)CC[C@]4(C)C3=CC[C@]2(C)[C@H]1C(=O)CO. The molecule has 0 unspecified atom stereocenters. The Hall–Kier alpha value is -1.22. The van der Waals surface area contributed by atoms with E-state index in [-0.39, 0.29) is 34.9 Å². The molecule has 4 rings (SSSR count). The van der Waals surface area contributed by atoms with Crippen molar-refractivity contribution in [2.24, 2.45) is 34.5 Å². The van der Waals surface area contributed by atoms with Gasteiger partial charge in [-0.25, -0.2) is 0 Å². The first-order valence-corrected chi connectivity index (χ1v) is 9.89. The second-order valence-electron chi connectivity index (χ2n) is 9.40. The van der Waals surface area contributed by atoms with E-state index in [1.807, 2.05) is 6.08 Å². The van der Waals surface area contributed by atoms with E-state index < -0.39 is 0 Å². The van der Waals surface area contributed by atoms with Crippen LogP contribution >= 0.6 is 0 Å². The molecular formula is C22H30O3. The predicted molar refractivity (Wildman–Crippen MR) is 96.8 cm³/mol. The summed E-state index contributed by atoms with van der Waals surface area (Å²) in [5, 5.41) is 9.47. The first-order chi connectivity index (χ1) is 11.8. The number of ketones is 2. The molecule has 25 heavy (non-hydrogen) atoms. The van der Waals surface area contributed by atoms with Gasteiger partial charge in [-0.3, -0.25) is 9.59 Å². The van der Waals surface area contributed by atoms with E-state index in [0.29, 0.717) is 24.2 Å². The zero-order valence-corrected chi connectivity index (χ0v) is 15.7. The smallest absolute Gasteiger partial charge is 0.162 e. The van der Waals surface area contributed by atoms with E-state index in [4.69, 9.17) is 0 Å². The van der Waals surface area contributed by atoms with Gasteiger partial charge in [-0.05, 0) is 61.3 Å². The Bertz CT molecular complexity index is 687. The topological polar surface area (TPSA) is 54.4 Å². The van der Waals surface area contributed by atoms with Crippen LogP contribution in [0.3, 0.4) is 0 Å². The van der Waals surface area contributed by atoms with Crippen molar-refractivity contribution >= 4 is 11.6 Å². The number of rotatable bonds is 2. The first-order valence-electron chi connectivity index (χ1n) is 9.89. The normalized spacial score (nSPS) is 45.8. The van der Waals surface area contributed by atoms with Gasteiger partial charge >= 0.3 is 0 Å². The average Bonchev–Trinajstić information content (AvgIpc) is 2.85. The number of carbonyl (C=O) groups excluding carboxylic acids is 2. The fourth-order valence-corrected chi connectivity index (χ4v) is 7.01. The van der Waals surface area contributed by atoms with Crippen molar-refractivity contribution in [2.75, 3.05) is 6.61 Å². The van der Waals surface area contributed by atoms with E-state index in [1.165, 1.54) is 5.57 Å². The van der Waals surface area contributed by atoms with Crippen molar-refractivity contribution in [1.29, 1.82) is 0 Å². The molecule has 4 aliphatic rings. The molecule has 2 fully saturated rings. The molecule has 4 aliphatic carbocycles. The minimum absolute atomic E-state index is 0.0158. The van der Waals surface area contributed by atoms with Gasteiger partial charge in [0.25, 0.3) is 0 Å². The fourth-order valence-electron chi connectivity index (χ4n) is 7.01. The van der Waals surface area contributed by atoms with Crippen LogP contribution in [0.2, 0.25) is 0 Å². The average molecular weight is 342 g/mol. The van der Waals surface area contributed by atoms with Gasteiger partial charge in [0.05, 0.1) is 0 Å². The van der Waals surface area contributed by atoms with E-state index in [0.717, 1.165) is 32.1 Å². The van der Waals surface area contributed by atoms with Crippen LogP contribution in [0.1, 0.15) is 59.3 Å². The Balaban J connectivity index is 1.74. The maximum atomic E-state index is 12.5. The Morgan fingerprint density at radius 3 is 2.80 bits per heavy atom. The van der Waals surface area contributed by atoms with Crippen LogP contribution in [0, 0.1) is 34.5 Å². The van der Waals surface area contributed by atoms with E-state index in [1.54, 1.807) is 5.57 Å². The van der Waals surface area contributed by atoms with Crippen molar-refractivity contribution in [2.45, 2.75) is 59.3 Å². The van der Waals surface area contributed by atoms with Crippen molar-refractivity contribution in [1.82, 2.24) is 0 Å². The molecule has 0 aromatic carbocycles. The van der Waals surface area contributed by atoms with Crippen molar-refractivity contribution in [3.05, 3.63) is 23.3 Å². The van der Waals surface area contributed by atoms with Crippen LogP contribution < -0.4 is 0 Å². The highest BCUT2D eigenvalue weighted by molar-refractivity contribution is 5.92. The van der Waals surface area contributed by atoms with Crippen LogP contribution in [-0.2, 0) is 9.59 Å². The Morgan fingerprint density at radius 2 is 2.08 bits per heavy atom. The zero-order valence-electron chi connectivity index (χ0n) is 15.7. The summed E-state index contributed by atoms with van der Waals surface area (Å²) in [7, 11) is 0. The number of Topliss-reactive ketones (excluding diaryl/α,β-unsaturated/α-hetero) is 1. The highest BCUT2D eigenvalue weighted by atomic mass is 16.3. The monoisotopic (exact) mass is 342 g/mol. The van der Waals surface area contributed by atoms with Crippen LogP contribution in [0.25, 0.3) is 0 Å². The summed E-state index contributed by atoms with van der Waals surface area (Å²) in [6.45, 7) is 6.48. The molecule has 0 amide bonds. The summed E-state index contributed by atoms with van der Waals surface area (Å²) >= 11 is 0. The number of aliphatic hydroxyl groups is 1. The van der Waals surface area contributed by atoms with Gasteiger partial charge in [-0.15, -0.1) is 0 Å². The lowest BCUT2D eigenvalue weighted by Crippen LogP contribution is -2.46. The van der Waals surface area contributed by atoms with Crippen molar-refractivity contribution in [3.8, 4) is 0 Å². The van der Waals surface area contributed by atoms with Gasteiger partial charge in [0, 0.05) is 17.8 Å². The van der Waals surface area contributed by atoms with Crippen LogP contribution in [-0.4, -0.2) is 23.3 Å². The molecule has 0 spiro atoms. The quantitative estimate of drug-likeness (QED) is 0.775. The molecule has 1 N–H and O–H groups in total. The van der Waals surface area contributed by atoms with Gasteiger partial charge in [0.15, 0.2) is 11.6 Å². The maximum Gasteiger partial charge on any atom is 0.162 e. The number of allylic oxidation sites excluding steroid dienone is 4. The molecule has 3 nitrogen and oxygen atoms in total. The van der Waals surface area contributed by atoms with E-state index >= 15 is 0 Å². The fraction of sp³-hybridized carbons (Fsp3) is 0.727. The highest BCUT2D eigenvalue weighted by Crippen LogP contribution is 2.65. The second kappa shape index (κ2) is 5.64. The van der Waals surface area contributed by atoms with Crippen LogP contribution in [0.4, 0.5) is 0 Å². The third kappa shape index (κ3) is 2.27. The molecule has 136 valence electrons. The number of hydrogen-bond donors (Lipinski definition) is 1. The van der Waals surface area contributed by atoms with Crippen molar-refractivity contribution < 1.29 is 14.7 Å². The summed E-state index contributed by atoms with van der Waals surface area (Å²) in [5.41, 5.74) is 2.92. The second-order valence-corrected chi connectivity index (χ2v) is 9.40. The molecule has 0 saturated heterocycles. The lowest BCUT2D eigenvalue weighted by molar-refractivity contribution is -0.131. The molecule has 2 saturated carbocycles. The molecule has 0 aromatic rings. The van der Waals surface area contributed by atoms with E-state index in [9.17, 15) is 14.7 Å². The molecule has 0 aromatic heterocycles. The number of fused-ring (bicyclic) bond motifs is 5. The highest BCUT2D eigenvalue weighted by Gasteiger charge is 2.59. The number of hydrogen-bond acceptors (Lipinski definition) is 3. The largest absolute Gasteiger partial charge is 0.389 e. The molecule has 0 bridgehead atoms. The van der Waals surface area contributed by atoms with Gasteiger partial charge in [0.1, 0.15) is 6.61 Å². The van der Waals surface area contributed by atoms with E-state index in [2.05, 4.69) is 26.8 Å². The Morgan fingerprint density at radius 1 is 1.32 bits per heavy atom. The molecule has 0 radical (unpaired) electrons. The number of carbonyl (C=O) groups is 2. The van der Waals surface area contributed by atoms with Gasteiger partial charge in [0.2, 0.25) is 0 Å². The van der Waals surface area contributed by atoms with Gasteiger partial charge < -0.3 is 5.11 Å². The summed E-state index contributed by atoms with van der Waals surface area (Å²) in [6.07, 6.45) is 10.1. The predicted octanol–water partition coefficient (Wildman–Crippen LogP) is 3.86. The van der Waals surface area contributed by atoms with Crippen molar-refractivity contribution in [3.63, 3.8) is 0 Å². The maximum absolute atomic E-state index is 12.5. The van der Waals surface area contributed by atoms with Gasteiger partial charge in [-0.1, -0.05) is 38.0 Å². The van der Waals surface area contributed by atoms with Crippen LogP contribution in [0.5, 0.6) is 0 Å². The Kier molecular flexibility index (Phi) is 3.88. The molecule has 6 atom stereocenters. The third-order valence-electron chi connectivity index (χ3n) is 8.18. The minimum Gasteiger partial charge on any atom is -0.389 e.